The molecule has 2 aromatic carbocycles. The molecular formula is C28H33F3N4O2. The number of hydrogen-bond donors (Lipinski definition) is 2. The standard InChI is InChI=1S/C28H33F3N4O2/c1-34(2)13-12-32-19-14-23(17-8-10-18(11-9-17)28(29,30)31)35-24(15-19)26-21(16-25(35)27(36)37-3)20-6-4-5-7-22(20)33-26/h4-11,19,23-25,32-33H,12-16H2,1-3H3/t19-,23-,24-,25-/m0/s1. The van der Waals surface area contributed by atoms with Gasteiger partial charge in [-0.1, -0.05) is 30.3 Å². The summed E-state index contributed by atoms with van der Waals surface area (Å²) >= 11 is 0. The number of likely N-dealkylation sites (N-methyl/N-ethyl adjacent to an activating group) is 1. The molecule has 0 radical (unpaired) electrons. The van der Waals surface area contributed by atoms with Gasteiger partial charge >= 0.3 is 12.1 Å². The molecule has 37 heavy (non-hydrogen) atoms. The summed E-state index contributed by atoms with van der Waals surface area (Å²) in [6.45, 7) is 1.67. The molecule has 0 amide bonds. The molecule has 4 atom stereocenters. The van der Waals surface area contributed by atoms with E-state index in [1.807, 2.05) is 32.3 Å². The van der Waals surface area contributed by atoms with E-state index in [9.17, 15) is 18.0 Å². The first-order chi connectivity index (χ1) is 17.7. The van der Waals surface area contributed by atoms with Crippen LogP contribution in [0.15, 0.2) is 48.5 Å². The number of nitrogens with one attached hydrogen (secondary N) is 2. The lowest BCUT2D eigenvalue weighted by atomic mass is 9.79. The Morgan fingerprint density at radius 2 is 1.81 bits per heavy atom. The Labute approximate surface area is 214 Å². The van der Waals surface area contributed by atoms with E-state index >= 15 is 0 Å². The number of esters is 1. The lowest BCUT2D eigenvalue weighted by molar-refractivity contribution is -0.152. The van der Waals surface area contributed by atoms with Crippen molar-refractivity contribution in [2.75, 3.05) is 34.3 Å². The molecule has 2 aliphatic rings. The summed E-state index contributed by atoms with van der Waals surface area (Å²) in [6.07, 6.45) is -2.46. The summed E-state index contributed by atoms with van der Waals surface area (Å²) in [5.74, 6) is -0.322. The van der Waals surface area contributed by atoms with Crippen molar-refractivity contribution >= 4 is 16.9 Å². The normalized spacial score (nSPS) is 24.2. The molecule has 198 valence electrons. The van der Waals surface area contributed by atoms with Crippen molar-refractivity contribution in [3.63, 3.8) is 0 Å². The maximum atomic E-state index is 13.3. The van der Waals surface area contributed by atoms with Gasteiger partial charge in [-0.05, 0) is 56.3 Å². The number of nitrogens with zero attached hydrogens (tertiary/aromatic N) is 2. The first kappa shape index (κ1) is 25.8. The summed E-state index contributed by atoms with van der Waals surface area (Å²) < 4.78 is 45.1. The van der Waals surface area contributed by atoms with E-state index in [1.54, 1.807) is 12.1 Å². The minimum absolute atomic E-state index is 0.113. The molecule has 6 nitrogen and oxygen atoms in total. The second-order valence-corrected chi connectivity index (χ2v) is 10.3. The number of H-pyrrole nitrogens is 1. The van der Waals surface area contributed by atoms with Crippen LogP contribution in [0.5, 0.6) is 0 Å². The van der Waals surface area contributed by atoms with Crippen LogP contribution in [0.3, 0.4) is 0 Å². The molecule has 5 rings (SSSR count). The van der Waals surface area contributed by atoms with Gasteiger partial charge in [0.15, 0.2) is 0 Å². The van der Waals surface area contributed by atoms with Gasteiger partial charge in [0.1, 0.15) is 6.04 Å². The molecule has 1 aromatic heterocycles. The fraction of sp³-hybridized carbons (Fsp3) is 0.464. The number of carbonyl (C=O) groups excluding carboxylic acids is 1. The zero-order valence-corrected chi connectivity index (χ0v) is 21.3. The van der Waals surface area contributed by atoms with Crippen molar-refractivity contribution in [3.8, 4) is 0 Å². The minimum atomic E-state index is -4.40. The number of aromatic amines is 1. The molecule has 0 spiro atoms. The Morgan fingerprint density at radius 3 is 2.49 bits per heavy atom. The molecule has 3 heterocycles. The van der Waals surface area contributed by atoms with E-state index in [-0.39, 0.29) is 24.1 Å². The molecule has 1 fully saturated rings. The quantitative estimate of drug-likeness (QED) is 0.468. The number of alkyl halides is 3. The third-order valence-corrected chi connectivity index (χ3v) is 7.76. The Balaban J connectivity index is 1.58. The largest absolute Gasteiger partial charge is 0.468 e. The number of fused-ring (bicyclic) bond motifs is 5. The first-order valence-electron chi connectivity index (χ1n) is 12.7. The van der Waals surface area contributed by atoms with Gasteiger partial charge in [0.05, 0.1) is 18.7 Å². The number of para-hydroxylation sites is 1. The number of piperidine rings is 1. The number of carbonyl (C=O) groups is 1. The highest BCUT2D eigenvalue weighted by Crippen LogP contribution is 2.49. The fourth-order valence-electron chi connectivity index (χ4n) is 6.02. The molecule has 0 unspecified atom stereocenters. The summed E-state index contributed by atoms with van der Waals surface area (Å²) in [5, 5.41) is 4.76. The van der Waals surface area contributed by atoms with Gasteiger partial charge in [0.2, 0.25) is 0 Å². The van der Waals surface area contributed by atoms with Gasteiger partial charge in [-0.15, -0.1) is 0 Å². The summed E-state index contributed by atoms with van der Waals surface area (Å²) in [6, 6.07) is 12.7. The van der Waals surface area contributed by atoms with E-state index < -0.39 is 17.8 Å². The maximum Gasteiger partial charge on any atom is 0.416 e. The lowest BCUT2D eigenvalue weighted by Crippen LogP contribution is -2.56. The van der Waals surface area contributed by atoms with Crippen LogP contribution >= 0.6 is 0 Å². The SMILES string of the molecule is COC(=O)[C@@H]1Cc2c([nH]c3ccccc23)[C@@H]2C[C@@H](NCCN(C)C)C[C@@H](c3ccc(C(F)(F)F)cc3)N12. The van der Waals surface area contributed by atoms with Gasteiger partial charge in [-0.3, -0.25) is 9.69 Å². The predicted molar refractivity (Wildman–Crippen MR) is 136 cm³/mol. The van der Waals surface area contributed by atoms with Crippen LogP contribution in [0.4, 0.5) is 13.2 Å². The Kier molecular flexibility index (Phi) is 7.04. The van der Waals surface area contributed by atoms with Crippen LogP contribution in [0.2, 0.25) is 0 Å². The Morgan fingerprint density at radius 1 is 1.11 bits per heavy atom. The second-order valence-electron chi connectivity index (χ2n) is 10.3. The number of benzene rings is 2. The third-order valence-electron chi connectivity index (χ3n) is 7.76. The van der Waals surface area contributed by atoms with E-state index in [4.69, 9.17) is 4.74 Å². The van der Waals surface area contributed by atoms with Gasteiger partial charge in [-0.2, -0.15) is 13.2 Å². The van der Waals surface area contributed by atoms with E-state index in [2.05, 4.69) is 26.2 Å². The van der Waals surface area contributed by atoms with Crippen molar-refractivity contribution in [1.82, 2.24) is 20.1 Å². The van der Waals surface area contributed by atoms with Gasteiger partial charge in [0.25, 0.3) is 0 Å². The van der Waals surface area contributed by atoms with Crippen molar-refractivity contribution in [1.29, 1.82) is 0 Å². The number of rotatable bonds is 6. The number of halogens is 3. The molecule has 2 N–H and O–H groups in total. The van der Waals surface area contributed by atoms with E-state index in [1.165, 1.54) is 7.11 Å². The van der Waals surface area contributed by atoms with Crippen LogP contribution in [-0.4, -0.2) is 67.1 Å². The lowest BCUT2D eigenvalue weighted by Gasteiger charge is -2.50. The fourth-order valence-corrected chi connectivity index (χ4v) is 6.02. The zero-order valence-electron chi connectivity index (χ0n) is 21.3. The number of ether oxygens (including phenoxy) is 1. The van der Waals surface area contributed by atoms with Gasteiger partial charge in [-0.25, -0.2) is 0 Å². The molecular weight excluding hydrogens is 481 g/mol. The number of hydrogen-bond acceptors (Lipinski definition) is 5. The highest BCUT2D eigenvalue weighted by Gasteiger charge is 2.48. The third kappa shape index (κ3) is 5.00. The van der Waals surface area contributed by atoms with Crippen LogP contribution in [0.25, 0.3) is 10.9 Å². The van der Waals surface area contributed by atoms with Crippen LogP contribution < -0.4 is 5.32 Å². The summed E-state index contributed by atoms with van der Waals surface area (Å²) in [7, 11) is 5.44. The number of methoxy groups -OCH3 is 1. The topological polar surface area (TPSA) is 60.6 Å². The zero-order chi connectivity index (χ0) is 26.3. The molecule has 0 saturated carbocycles. The monoisotopic (exact) mass is 514 g/mol. The van der Waals surface area contributed by atoms with Crippen molar-refractivity contribution in [2.24, 2.45) is 0 Å². The van der Waals surface area contributed by atoms with Crippen LogP contribution in [0, 0.1) is 0 Å². The summed E-state index contributed by atoms with van der Waals surface area (Å²) in [4.78, 5) is 21.0. The summed E-state index contributed by atoms with van der Waals surface area (Å²) in [5.41, 5.74) is 3.31. The van der Waals surface area contributed by atoms with Gasteiger partial charge < -0.3 is 19.9 Å². The van der Waals surface area contributed by atoms with E-state index in [0.717, 1.165) is 59.4 Å². The molecule has 0 aliphatic carbocycles. The molecule has 9 heteroatoms. The smallest absolute Gasteiger partial charge is 0.416 e. The molecule has 3 aromatic rings. The average molecular weight is 515 g/mol. The van der Waals surface area contributed by atoms with Crippen LogP contribution in [-0.2, 0) is 22.1 Å². The first-order valence-corrected chi connectivity index (χ1v) is 12.7. The predicted octanol–water partition coefficient (Wildman–Crippen LogP) is 4.68. The number of aromatic nitrogens is 1. The molecule has 0 bridgehead atoms. The minimum Gasteiger partial charge on any atom is -0.468 e. The average Bonchev–Trinajstić information content (AvgIpc) is 3.25. The highest BCUT2D eigenvalue weighted by atomic mass is 19.4. The Bertz CT molecular complexity index is 1250. The second kappa shape index (κ2) is 10.1. The van der Waals surface area contributed by atoms with Crippen molar-refractivity contribution < 1.29 is 22.7 Å². The van der Waals surface area contributed by atoms with Crippen LogP contribution in [0.1, 0.15) is 47.3 Å². The maximum absolute atomic E-state index is 13.3. The molecule has 2 aliphatic heterocycles. The highest BCUT2D eigenvalue weighted by molar-refractivity contribution is 5.87. The van der Waals surface area contributed by atoms with Crippen molar-refractivity contribution in [3.05, 3.63) is 70.9 Å². The van der Waals surface area contributed by atoms with E-state index in [0.29, 0.717) is 12.8 Å². The van der Waals surface area contributed by atoms with Gasteiger partial charge in [0, 0.05) is 48.2 Å². The molecule has 1 saturated heterocycles. The Hall–Kier alpha value is -2.88. The van der Waals surface area contributed by atoms with Crippen molar-refractivity contribution in [2.45, 2.75) is 49.6 Å².